The van der Waals surface area contributed by atoms with Crippen molar-refractivity contribution in [2.75, 3.05) is 13.1 Å². The van der Waals surface area contributed by atoms with Gasteiger partial charge in [0.15, 0.2) is 0 Å². The fourth-order valence-electron chi connectivity index (χ4n) is 6.99. The molecule has 0 aliphatic carbocycles. The highest BCUT2D eigenvalue weighted by molar-refractivity contribution is 5.97. The number of nitrogens with one attached hydrogen (secondary N) is 6. The van der Waals surface area contributed by atoms with Crippen molar-refractivity contribution in [1.82, 2.24) is 41.1 Å². The Morgan fingerprint density at radius 1 is 0.911 bits per heavy atom. The Balaban J connectivity index is 1.59. The quantitative estimate of drug-likeness (QED) is 0.0688. The minimum absolute atomic E-state index is 0.0129. The number of carboxylic acids is 1. The van der Waals surface area contributed by atoms with Gasteiger partial charge in [-0.1, -0.05) is 52.3 Å². The van der Waals surface area contributed by atoms with E-state index < -0.39 is 71.8 Å². The molecule has 17 heteroatoms. The fourth-order valence-corrected chi connectivity index (χ4v) is 6.99. The van der Waals surface area contributed by atoms with Crippen LogP contribution in [-0.2, 0) is 41.6 Å². The first kappa shape index (κ1) is 43.4. The Kier molecular flexibility index (Phi) is 16.0. The Labute approximate surface area is 326 Å². The van der Waals surface area contributed by atoms with E-state index in [0.29, 0.717) is 50.0 Å². The van der Waals surface area contributed by atoms with E-state index in [1.54, 1.807) is 20.0 Å². The molecule has 1 saturated heterocycles. The number of nitrogens with zero attached hydrogens (tertiary/aromatic N) is 2. The van der Waals surface area contributed by atoms with Crippen LogP contribution in [0.1, 0.15) is 77.5 Å². The van der Waals surface area contributed by atoms with Crippen LogP contribution >= 0.6 is 0 Å². The van der Waals surface area contributed by atoms with E-state index in [-0.39, 0.29) is 31.1 Å². The van der Waals surface area contributed by atoms with Gasteiger partial charge in [-0.25, -0.2) is 9.78 Å². The summed E-state index contributed by atoms with van der Waals surface area (Å²) in [5.41, 5.74) is 13.8. The van der Waals surface area contributed by atoms with Gasteiger partial charge < -0.3 is 52.7 Å². The molecule has 56 heavy (non-hydrogen) atoms. The number of carbonyl (C=O) groups is 6. The standard InChI is InChI=1S/C39H58N10O7/c1-22(2)16-29(47-37(53)32-13-9-15-49(32)38(54)27(41)11-7-8-14-40)34(50)45-30(17-24-19-43-28-12-6-5-10-26(24)28)35(51)46-31(18-25-20-42-21-44-25)36(52)48-33(23(3)4)39(55)56/h5-6,10,12,19-23,27,29-33,43H,7-9,11,13-18,40-41H2,1-4H3,(H,42,44)(H,45,50)(H,46,51)(H,47,53)(H,48,52)(H,55,56)/t27-,29-,30-,31-,32-,33-/m0/s1. The van der Waals surface area contributed by atoms with Crippen molar-refractivity contribution in [2.24, 2.45) is 23.3 Å². The van der Waals surface area contributed by atoms with Gasteiger partial charge in [-0.15, -0.1) is 0 Å². The highest BCUT2D eigenvalue weighted by Crippen LogP contribution is 2.22. The number of fused-ring (bicyclic) bond motifs is 1. The van der Waals surface area contributed by atoms with E-state index >= 15 is 0 Å². The molecule has 1 aliphatic rings. The second kappa shape index (κ2) is 20.6. The average Bonchev–Trinajstić information content (AvgIpc) is 3.94. The number of imidazole rings is 1. The normalized spacial score (nSPS) is 16.9. The summed E-state index contributed by atoms with van der Waals surface area (Å²) in [6.07, 6.45) is 7.73. The molecular formula is C39H58N10O7. The molecule has 0 bridgehead atoms. The lowest BCUT2D eigenvalue weighted by Crippen LogP contribution is -2.60. The number of benzene rings is 1. The number of aromatic amines is 2. The van der Waals surface area contributed by atoms with Crippen LogP contribution in [0.25, 0.3) is 10.9 Å². The van der Waals surface area contributed by atoms with E-state index in [2.05, 4.69) is 36.2 Å². The summed E-state index contributed by atoms with van der Waals surface area (Å²) >= 11 is 0. The van der Waals surface area contributed by atoms with E-state index in [1.807, 2.05) is 38.1 Å². The summed E-state index contributed by atoms with van der Waals surface area (Å²) in [4.78, 5) is 92.7. The third-order valence-electron chi connectivity index (χ3n) is 10.0. The molecule has 6 atom stereocenters. The maximum Gasteiger partial charge on any atom is 0.326 e. The molecule has 5 amide bonds. The van der Waals surface area contributed by atoms with E-state index in [4.69, 9.17) is 11.5 Å². The molecule has 1 aliphatic heterocycles. The van der Waals surface area contributed by atoms with Crippen molar-refractivity contribution < 1.29 is 33.9 Å². The number of hydrogen-bond donors (Lipinski definition) is 9. The van der Waals surface area contributed by atoms with Gasteiger partial charge in [0.2, 0.25) is 29.5 Å². The summed E-state index contributed by atoms with van der Waals surface area (Å²) in [5.74, 6) is -4.59. The number of hydrogen-bond acceptors (Lipinski definition) is 9. The average molecular weight is 779 g/mol. The summed E-state index contributed by atoms with van der Waals surface area (Å²) < 4.78 is 0. The van der Waals surface area contributed by atoms with Crippen molar-refractivity contribution in [2.45, 2.75) is 115 Å². The number of para-hydroxylation sites is 1. The van der Waals surface area contributed by atoms with Crippen LogP contribution in [-0.4, -0.2) is 110 Å². The van der Waals surface area contributed by atoms with Crippen molar-refractivity contribution in [3.8, 4) is 0 Å². The van der Waals surface area contributed by atoms with Crippen LogP contribution < -0.4 is 32.7 Å². The SMILES string of the molecule is CC(C)C[C@H](NC(=O)[C@@H]1CCCN1C(=O)[C@@H](N)CCCCN)C(=O)N[C@@H](Cc1c[nH]c2ccccc12)C(=O)N[C@@H](Cc1cnc[nH]1)C(=O)N[C@H](C(=O)O)C(C)C. The number of amides is 5. The molecule has 4 rings (SSSR count). The van der Waals surface area contributed by atoms with E-state index in [0.717, 1.165) is 17.3 Å². The van der Waals surface area contributed by atoms with Crippen LogP contribution in [0.4, 0.5) is 0 Å². The molecule has 306 valence electrons. The first-order chi connectivity index (χ1) is 26.7. The number of aromatic nitrogens is 3. The van der Waals surface area contributed by atoms with Gasteiger partial charge in [-0.3, -0.25) is 24.0 Å². The van der Waals surface area contributed by atoms with Crippen LogP contribution in [0.3, 0.4) is 0 Å². The lowest BCUT2D eigenvalue weighted by atomic mass is 9.99. The molecule has 0 spiro atoms. The number of unbranched alkanes of at least 4 members (excludes halogenated alkanes) is 1. The molecule has 3 heterocycles. The summed E-state index contributed by atoms with van der Waals surface area (Å²) in [7, 11) is 0. The van der Waals surface area contributed by atoms with Gasteiger partial charge in [-0.05, 0) is 62.1 Å². The number of likely N-dealkylation sites (tertiary alicyclic amines) is 1. The summed E-state index contributed by atoms with van der Waals surface area (Å²) in [6.45, 7) is 7.97. The lowest BCUT2D eigenvalue weighted by molar-refractivity contribution is -0.143. The van der Waals surface area contributed by atoms with Gasteiger partial charge in [0, 0.05) is 48.4 Å². The molecule has 2 aromatic heterocycles. The third kappa shape index (κ3) is 11.9. The third-order valence-corrected chi connectivity index (χ3v) is 10.0. The zero-order chi connectivity index (χ0) is 40.9. The number of aliphatic carboxylic acids is 1. The smallest absolute Gasteiger partial charge is 0.326 e. The molecule has 3 aromatic rings. The maximum absolute atomic E-state index is 14.3. The van der Waals surface area contributed by atoms with Crippen LogP contribution in [0.2, 0.25) is 0 Å². The van der Waals surface area contributed by atoms with Gasteiger partial charge in [0.1, 0.15) is 30.2 Å². The Morgan fingerprint density at radius 2 is 1.59 bits per heavy atom. The van der Waals surface area contributed by atoms with E-state index in [9.17, 15) is 33.9 Å². The number of rotatable bonds is 21. The van der Waals surface area contributed by atoms with E-state index in [1.165, 1.54) is 17.4 Å². The van der Waals surface area contributed by atoms with Crippen LogP contribution in [0, 0.1) is 11.8 Å². The molecule has 0 radical (unpaired) electrons. The fraction of sp³-hybridized carbons (Fsp3) is 0.564. The minimum Gasteiger partial charge on any atom is -0.480 e. The molecular weight excluding hydrogens is 720 g/mol. The first-order valence-electron chi connectivity index (χ1n) is 19.4. The van der Waals surface area contributed by atoms with Gasteiger partial charge in [0.05, 0.1) is 12.4 Å². The Bertz CT molecular complexity index is 1790. The first-order valence-corrected chi connectivity index (χ1v) is 19.4. The van der Waals surface area contributed by atoms with Gasteiger partial charge >= 0.3 is 5.97 Å². The molecule has 1 aromatic carbocycles. The van der Waals surface area contributed by atoms with Crippen molar-refractivity contribution in [1.29, 1.82) is 0 Å². The number of carboxylic acid groups (broad SMARTS) is 1. The summed E-state index contributed by atoms with van der Waals surface area (Å²) in [6, 6.07) is 1.13. The molecule has 0 saturated carbocycles. The van der Waals surface area contributed by atoms with Crippen LogP contribution in [0.15, 0.2) is 43.0 Å². The second-order valence-electron chi connectivity index (χ2n) is 15.3. The molecule has 11 N–H and O–H groups in total. The summed E-state index contributed by atoms with van der Waals surface area (Å²) in [5, 5.41) is 21.6. The second-order valence-corrected chi connectivity index (χ2v) is 15.3. The molecule has 1 fully saturated rings. The Morgan fingerprint density at radius 3 is 2.23 bits per heavy atom. The van der Waals surface area contributed by atoms with Crippen molar-refractivity contribution >= 4 is 46.4 Å². The Hall–Kier alpha value is -5.29. The number of H-pyrrole nitrogens is 2. The van der Waals surface area contributed by atoms with Gasteiger partial charge in [-0.2, -0.15) is 0 Å². The monoisotopic (exact) mass is 778 g/mol. The lowest BCUT2D eigenvalue weighted by Gasteiger charge is -2.30. The topological polar surface area (TPSA) is 271 Å². The highest BCUT2D eigenvalue weighted by atomic mass is 16.4. The predicted octanol–water partition coefficient (Wildman–Crippen LogP) is 0.849. The van der Waals surface area contributed by atoms with Crippen molar-refractivity contribution in [3.05, 3.63) is 54.2 Å². The number of nitrogens with two attached hydrogens (primary N) is 2. The predicted molar refractivity (Wildman–Crippen MR) is 210 cm³/mol. The van der Waals surface area contributed by atoms with Crippen LogP contribution in [0.5, 0.6) is 0 Å². The minimum atomic E-state index is -1.25. The molecule has 17 nitrogen and oxygen atoms in total. The maximum atomic E-state index is 14.3. The molecule has 0 unspecified atom stereocenters. The number of carbonyl (C=O) groups excluding carboxylic acids is 5. The zero-order valence-electron chi connectivity index (χ0n) is 32.7. The zero-order valence-corrected chi connectivity index (χ0v) is 32.7. The van der Waals surface area contributed by atoms with Gasteiger partial charge in [0.25, 0.3) is 0 Å². The highest BCUT2D eigenvalue weighted by Gasteiger charge is 2.38. The largest absolute Gasteiger partial charge is 0.480 e. The van der Waals surface area contributed by atoms with Crippen molar-refractivity contribution in [3.63, 3.8) is 0 Å².